The summed E-state index contributed by atoms with van der Waals surface area (Å²) in [5.41, 5.74) is 8.85. The van der Waals surface area contributed by atoms with E-state index in [0.717, 1.165) is 38.3 Å². The summed E-state index contributed by atoms with van der Waals surface area (Å²) in [6.45, 7) is 9.20. The van der Waals surface area contributed by atoms with E-state index < -0.39 is 0 Å². The highest BCUT2D eigenvalue weighted by Gasteiger charge is 2.14. The standard InChI is InChI=1S/C25H23N3OS/c1-15-10-21-22(11-16(15)2)28-24(29)23(30-25(28)26-21)13-20-12-17(3)27(18(20)4)14-19-8-6-5-7-9-19/h5-13H,14H2,1-4H3/b23-13-. The number of fused-ring (bicyclic) bond motifs is 3. The third-order valence-electron chi connectivity index (χ3n) is 5.94. The first-order chi connectivity index (χ1) is 14.4. The van der Waals surface area contributed by atoms with Gasteiger partial charge in [-0.2, -0.15) is 0 Å². The number of hydrogen-bond acceptors (Lipinski definition) is 3. The normalized spacial score (nSPS) is 12.5. The Morgan fingerprint density at radius 3 is 2.50 bits per heavy atom. The number of thiazole rings is 1. The molecule has 0 atom stereocenters. The Kier molecular flexibility index (Phi) is 4.36. The van der Waals surface area contributed by atoms with Crippen molar-refractivity contribution in [1.82, 2.24) is 14.0 Å². The number of aryl methyl sites for hydroxylation is 3. The largest absolute Gasteiger partial charge is 0.344 e. The van der Waals surface area contributed by atoms with E-state index in [4.69, 9.17) is 4.98 Å². The zero-order chi connectivity index (χ0) is 21.0. The second kappa shape index (κ2) is 6.96. The van der Waals surface area contributed by atoms with E-state index in [-0.39, 0.29) is 5.56 Å². The molecule has 0 aliphatic rings. The Labute approximate surface area is 178 Å². The number of rotatable bonds is 3. The summed E-state index contributed by atoms with van der Waals surface area (Å²) < 4.78 is 4.77. The van der Waals surface area contributed by atoms with Crippen LogP contribution in [0.2, 0.25) is 0 Å². The molecular weight excluding hydrogens is 390 g/mol. The molecule has 0 bridgehead atoms. The molecule has 5 aromatic rings. The minimum atomic E-state index is 0.00798. The molecule has 4 nitrogen and oxygen atoms in total. The maximum atomic E-state index is 13.2. The molecule has 0 fully saturated rings. The van der Waals surface area contributed by atoms with E-state index >= 15 is 0 Å². The van der Waals surface area contributed by atoms with Crippen LogP contribution in [-0.2, 0) is 6.54 Å². The van der Waals surface area contributed by atoms with Gasteiger partial charge in [-0.15, -0.1) is 0 Å². The molecule has 5 rings (SSSR count). The fraction of sp³-hybridized carbons (Fsp3) is 0.200. The molecule has 3 heterocycles. The van der Waals surface area contributed by atoms with E-state index in [1.54, 1.807) is 4.40 Å². The molecule has 30 heavy (non-hydrogen) atoms. The van der Waals surface area contributed by atoms with Crippen molar-refractivity contribution in [3.8, 4) is 0 Å². The SMILES string of the molecule is Cc1cc2nc3s/c(=C\c4cc(C)n(Cc5ccccc5)c4C)c(=O)n3c2cc1C. The lowest BCUT2D eigenvalue weighted by Gasteiger charge is -2.09. The molecule has 150 valence electrons. The summed E-state index contributed by atoms with van der Waals surface area (Å²) in [7, 11) is 0. The minimum Gasteiger partial charge on any atom is -0.344 e. The third kappa shape index (κ3) is 2.97. The van der Waals surface area contributed by atoms with Gasteiger partial charge < -0.3 is 4.57 Å². The second-order valence-electron chi connectivity index (χ2n) is 7.97. The van der Waals surface area contributed by atoms with Crippen molar-refractivity contribution < 1.29 is 0 Å². The zero-order valence-corrected chi connectivity index (χ0v) is 18.4. The van der Waals surface area contributed by atoms with Crippen LogP contribution in [0, 0.1) is 27.7 Å². The van der Waals surface area contributed by atoms with Crippen molar-refractivity contribution in [3.63, 3.8) is 0 Å². The van der Waals surface area contributed by atoms with Crippen molar-refractivity contribution >= 4 is 33.4 Å². The molecular formula is C25H23N3OS. The van der Waals surface area contributed by atoms with Crippen molar-refractivity contribution in [3.05, 3.63) is 97.1 Å². The first-order valence-electron chi connectivity index (χ1n) is 10.1. The second-order valence-corrected chi connectivity index (χ2v) is 8.98. The highest BCUT2D eigenvalue weighted by atomic mass is 32.1. The van der Waals surface area contributed by atoms with Crippen LogP contribution < -0.4 is 10.1 Å². The van der Waals surface area contributed by atoms with E-state index in [0.29, 0.717) is 0 Å². The van der Waals surface area contributed by atoms with Gasteiger partial charge in [-0.05, 0) is 74.2 Å². The molecule has 5 heteroatoms. The molecule has 0 spiro atoms. The fourth-order valence-corrected chi connectivity index (χ4v) is 5.02. The minimum absolute atomic E-state index is 0.00798. The van der Waals surface area contributed by atoms with Gasteiger partial charge in [0.15, 0.2) is 4.96 Å². The topological polar surface area (TPSA) is 39.3 Å². The fourth-order valence-electron chi connectivity index (χ4n) is 4.04. The molecule has 2 aromatic carbocycles. The van der Waals surface area contributed by atoms with Crippen LogP contribution in [0.25, 0.3) is 22.1 Å². The van der Waals surface area contributed by atoms with Crippen molar-refractivity contribution in [2.75, 3.05) is 0 Å². The Hall–Kier alpha value is -3.18. The predicted molar refractivity (Wildman–Crippen MR) is 125 cm³/mol. The van der Waals surface area contributed by atoms with Crippen LogP contribution in [0.15, 0.2) is 53.3 Å². The Balaban J connectivity index is 1.63. The van der Waals surface area contributed by atoms with Crippen LogP contribution in [0.5, 0.6) is 0 Å². The summed E-state index contributed by atoms with van der Waals surface area (Å²) in [5.74, 6) is 0. The van der Waals surface area contributed by atoms with Gasteiger partial charge in [-0.1, -0.05) is 41.7 Å². The molecule has 0 saturated heterocycles. The van der Waals surface area contributed by atoms with Gasteiger partial charge in [-0.3, -0.25) is 4.79 Å². The van der Waals surface area contributed by atoms with E-state index in [2.05, 4.69) is 74.7 Å². The van der Waals surface area contributed by atoms with Gasteiger partial charge in [-0.25, -0.2) is 9.38 Å². The lowest BCUT2D eigenvalue weighted by molar-refractivity contribution is 0.749. The quantitative estimate of drug-likeness (QED) is 0.436. The number of aromatic nitrogens is 3. The molecule has 0 aliphatic carbocycles. The average Bonchev–Trinajstić information content (AvgIpc) is 3.30. The summed E-state index contributed by atoms with van der Waals surface area (Å²) >= 11 is 1.46. The zero-order valence-electron chi connectivity index (χ0n) is 17.6. The number of nitrogens with zero attached hydrogens (tertiary/aromatic N) is 3. The van der Waals surface area contributed by atoms with Crippen molar-refractivity contribution in [2.45, 2.75) is 34.2 Å². The van der Waals surface area contributed by atoms with Crippen LogP contribution in [0.3, 0.4) is 0 Å². The van der Waals surface area contributed by atoms with Crippen molar-refractivity contribution in [1.29, 1.82) is 0 Å². The molecule has 0 unspecified atom stereocenters. The molecule has 0 radical (unpaired) electrons. The molecule has 0 amide bonds. The van der Waals surface area contributed by atoms with Crippen molar-refractivity contribution in [2.24, 2.45) is 0 Å². The van der Waals surface area contributed by atoms with Gasteiger partial charge >= 0.3 is 0 Å². The van der Waals surface area contributed by atoms with Crippen LogP contribution in [0.1, 0.15) is 33.6 Å². The Morgan fingerprint density at radius 2 is 1.73 bits per heavy atom. The summed E-state index contributed by atoms with van der Waals surface area (Å²) in [5, 5.41) is 0. The lowest BCUT2D eigenvalue weighted by Crippen LogP contribution is -2.22. The third-order valence-corrected chi connectivity index (χ3v) is 6.91. The van der Waals surface area contributed by atoms with Crippen LogP contribution >= 0.6 is 11.3 Å². The summed E-state index contributed by atoms with van der Waals surface area (Å²) in [6.07, 6.45) is 2.01. The predicted octanol–water partition coefficient (Wildman–Crippen LogP) is 4.54. The summed E-state index contributed by atoms with van der Waals surface area (Å²) in [4.78, 5) is 18.6. The molecule has 0 N–H and O–H groups in total. The van der Waals surface area contributed by atoms with Crippen LogP contribution in [0.4, 0.5) is 0 Å². The van der Waals surface area contributed by atoms with E-state index in [1.165, 1.54) is 33.7 Å². The van der Waals surface area contributed by atoms with Gasteiger partial charge in [0.05, 0.1) is 15.6 Å². The first kappa shape index (κ1) is 18.8. The Morgan fingerprint density at radius 1 is 1.00 bits per heavy atom. The van der Waals surface area contributed by atoms with E-state index in [1.807, 2.05) is 12.1 Å². The van der Waals surface area contributed by atoms with Gasteiger partial charge in [0, 0.05) is 17.9 Å². The highest BCUT2D eigenvalue weighted by Crippen LogP contribution is 2.21. The summed E-state index contributed by atoms with van der Waals surface area (Å²) in [6, 6.07) is 16.7. The number of hydrogen-bond donors (Lipinski definition) is 0. The highest BCUT2D eigenvalue weighted by molar-refractivity contribution is 7.15. The number of imidazole rings is 1. The van der Waals surface area contributed by atoms with E-state index in [9.17, 15) is 4.79 Å². The first-order valence-corrected chi connectivity index (χ1v) is 10.9. The van der Waals surface area contributed by atoms with Gasteiger partial charge in [0.25, 0.3) is 5.56 Å². The molecule has 0 aliphatic heterocycles. The molecule has 0 saturated carbocycles. The maximum absolute atomic E-state index is 13.2. The number of benzene rings is 2. The van der Waals surface area contributed by atoms with Gasteiger partial charge in [0.1, 0.15) is 0 Å². The smallest absolute Gasteiger partial charge is 0.274 e. The van der Waals surface area contributed by atoms with Crippen LogP contribution in [-0.4, -0.2) is 14.0 Å². The average molecular weight is 414 g/mol. The van der Waals surface area contributed by atoms with Gasteiger partial charge in [0.2, 0.25) is 0 Å². The molecule has 3 aromatic heterocycles. The monoisotopic (exact) mass is 413 g/mol. The Bertz CT molecular complexity index is 1520. The maximum Gasteiger partial charge on any atom is 0.274 e. The lowest BCUT2D eigenvalue weighted by atomic mass is 10.1.